The van der Waals surface area contributed by atoms with Crippen molar-refractivity contribution in [1.82, 2.24) is 0 Å². The van der Waals surface area contributed by atoms with Crippen LogP contribution in [0.5, 0.6) is 0 Å². The highest BCUT2D eigenvalue weighted by atomic mass is 16.5. The average molecular weight is 277 g/mol. The summed E-state index contributed by atoms with van der Waals surface area (Å²) in [4.78, 5) is 23.7. The maximum absolute atomic E-state index is 12.2. The van der Waals surface area contributed by atoms with Crippen LogP contribution < -0.4 is 5.32 Å². The largest absolute Gasteiger partial charge is 0.465 e. The molecule has 1 amide bonds. The minimum atomic E-state index is -0.403. The molecule has 0 saturated heterocycles. The first-order chi connectivity index (χ1) is 9.62. The minimum absolute atomic E-state index is 0.0238. The maximum Gasteiger partial charge on any atom is 0.337 e. The van der Waals surface area contributed by atoms with Crippen LogP contribution in [0.2, 0.25) is 0 Å². The summed E-state index contributed by atoms with van der Waals surface area (Å²) >= 11 is 0. The van der Waals surface area contributed by atoms with E-state index in [4.69, 9.17) is 0 Å². The van der Waals surface area contributed by atoms with Crippen LogP contribution in [0, 0.1) is 5.92 Å². The molecule has 0 fully saturated rings. The van der Waals surface area contributed by atoms with Crippen LogP contribution in [-0.4, -0.2) is 19.0 Å². The van der Waals surface area contributed by atoms with Crippen molar-refractivity contribution in [3.8, 4) is 0 Å². The van der Waals surface area contributed by atoms with Crippen LogP contribution in [-0.2, 0) is 9.53 Å². The quantitative estimate of drug-likeness (QED) is 0.774. The number of esters is 1. The predicted molar refractivity (Wildman–Crippen MR) is 79.7 cm³/mol. The minimum Gasteiger partial charge on any atom is -0.465 e. The second kappa shape index (κ2) is 8.35. The van der Waals surface area contributed by atoms with Crippen molar-refractivity contribution in [3.63, 3.8) is 0 Å². The number of methoxy groups -OCH3 is 1. The molecule has 1 N–H and O–H groups in total. The van der Waals surface area contributed by atoms with E-state index in [1.54, 1.807) is 24.3 Å². The molecule has 0 aliphatic heterocycles. The fraction of sp³-hybridized carbons (Fsp3) is 0.500. The zero-order valence-electron chi connectivity index (χ0n) is 12.4. The lowest BCUT2D eigenvalue weighted by Gasteiger charge is -2.15. The summed E-state index contributed by atoms with van der Waals surface area (Å²) in [6, 6.07) is 6.81. The van der Waals surface area contributed by atoms with Gasteiger partial charge in [0.15, 0.2) is 0 Å². The van der Waals surface area contributed by atoms with Crippen LogP contribution >= 0.6 is 0 Å². The van der Waals surface area contributed by atoms with E-state index in [2.05, 4.69) is 23.9 Å². The van der Waals surface area contributed by atoms with Gasteiger partial charge in [-0.25, -0.2) is 4.79 Å². The molecule has 4 heteroatoms. The summed E-state index contributed by atoms with van der Waals surface area (Å²) in [5.41, 5.74) is 1.07. The smallest absolute Gasteiger partial charge is 0.337 e. The third kappa shape index (κ3) is 4.68. The van der Waals surface area contributed by atoms with Crippen LogP contribution in [0.15, 0.2) is 24.3 Å². The van der Waals surface area contributed by atoms with E-state index in [0.29, 0.717) is 11.3 Å². The van der Waals surface area contributed by atoms with Gasteiger partial charge < -0.3 is 10.1 Å². The molecule has 4 nitrogen and oxygen atoms in total. The van der Waals surface area contributed by atoms with Gasteiger partial charge in [-0.2, -0.15) is 0 Å². The van der Waals surface area contributed by atoms with Crippen molar-refractivity contribution in [3.05, 3.63) is 29.8 Å². The fourth-order valence-corrected chi connectivity index (χ4v) is 2.19. The maximum atomic E-state index is 12.2. The fourth-order valence-electron chi connectivity index (χ4n) is 2.19. The lowest BCUT2D eigenvalue weighted by Crippen LogP contribution is -2.22. The molecule has 0 heterocycles. The van der Waals surface area contributed by atoms with Crippen molar-refractivity contribution in [1.29, 1.82) is 0 Å². The Balaban J connectivity index is 2.76. The van der Waals surface area contributed by atoms with Crippen molar-refractivity contribution < 1.29 is 14.3 Å². The van der Waals surface area contributed by atoms with Gasteiger partial charge in [0.2, 0.25) is 5.91 Å². The normalized spacial score (nSPS) is 10.4. The Hall–Kier alpha value is -1.84. The summed E-state index contributed by atoms with van der Waals surface area (Å²) < 4.78 is 4.67. The molecule has 0 aliphatic rings. The van der Waals surface area contributed by atoms with Crippen molar-refractivity contribution >= 4 is 17.6 Å². The lowest BCUT2D eigenvalue weighted by molar-refractivity contribution is -0.120. The zero-order valence-corrected chi connectivity index (χ0v) is 12.4. The Morgan fingerprint density at radius 1 is 1.20 bits per heavy atom. The molecule has 0 radical (unpaired) electrons. The molecular weight excluding hydrogens is 254 g/mol. The van der Waals surface area contributed by atoms with E-state index in [1.165, 1.54) is 7.11 Å². The van der Waals surface area contributed by atoms with Gasteiger partial charge in [-0.05, 0) is 31.0 Å². The van der Waals surface area contributed by atoms with E-state index in [1.807, 2.05) is 0 Å². The monoisotopic (exact) mass is 277 g/mol. The first kappa shape index (κ1) is 16.2. The number of rotatable bonds is 7. The first-order valence-electron chi connectivity index (χ1n) is 7.11. The van der Waals surface area contributed by atoms with Crippen molar-refractivity contribution in [2.75, 3.05) is 12.4 Å². The predicted octanol–water partition coefficient (Wildman–Crippen LogP) is 3.63. The summed E-state index contributed by atoms with van der Waals surface area (Å²) in [7, 11) is 1.34. The number of ether oxygens (including phenoxy) is 1. The first-order valence-corrected chi connectivity index (χ1v) is 7.11. The molecule has 1 aromatic rings. The number of carbonyl (C=O) groups is 2. The van der Waals surface area contributed by atoms with Crippen LogP contribution in [0.4, 0.5) is 5.69 Å². The molecule has 0 atom stereocenters. The number of nitrogens with one attached hydrogen (secondary N) is 1. The molecule has 20 heavy (non-hydrogen) atoms. The van der Waals surface area contributed by atoms with Gasteiger partial charge in [-0.1, -0.05) is 32.8 Å². The number of amides is 1. The zero-order chi connectivity index (χ0) is 15.0. The standard InChI is InChI=1S/C16H23NO3/c1-4-7-12(8-5-2)15(18)17-14-10-6-9-13(11-14)16(19)20-3/h6,9-12H,4-5,7-8H2,1-3H3,(H,17,18). The molecule has 0 bridgehead atoms. The van der Waals surface area contributed by atoms with E-state index in [0.717, 1.165) is 25.7 Å². The summed E-state index contributed by atoms with van der Waals surface area (Å²) in [6.07, 6.45) is 3.74. The topological polar surface area (TPSA) is 55.4 Å². The van der Waals surface area contributed by atoms with E-state index in [9.17, 15) is 9.59 Å². The Kier molecular flexibility index (Phi) is 6.77. The molecule has 0 unspecified atom stereocenters. The van der Waals surface area contributed by atoms with Gasteiger partial charge in [0.1, 0.15) is 0 Å². The molecule has 1 rings (SSSR count). The summed E-state index contributed by atoms with van der Waals surface area (Å²) in [6.45, 7) is 4.15. The van der Waals surface area contributed by atoms with Gasteiger partial charge in [0.25, 0.3) is 0 Å². The average Bonchev–Trinajstić information content (AvgIpc) is 2.46. The summed E-state index contributed by atoms with van der Waals surface area (Å²) in [5.74, 6) is -0.345. The number of anilines is 1. The van der Waals surface area contributed by atoms with Crippen molar-refractivity contribution in [2.24, 2.45) is 5.92 Å². The van der Waals surface area contributed by atoms with E-state index < -0.39 is 5.97 Å². The second-order valence-electron chi connectivity index (χ2n) is 4.84. The Labute approximate surface area is 120 Å². The van der Waals surface area contributed by atoms with Crippen molar-refractivity contribution in [2.45, 2.75) is 39.5 Å². The van der Waals surface area contributed by atoms with E-state index >= 15 is 0 Å². The number of carbonyl (C=O) groups excluding carboxylic acids is 2. The van der Waals surface area contributed by atoms with Gasteiger partial charge in [-0.15, -0.1) is 0 Å². The number of hydrogen-bond acceptors (Lipinski definition) is 3. The second-order valence-corrected chi connectivity index (χ2v) is 4.84. The summed E-state index contributed by atoms with van der Waals surface area (Å²) in [5, 5.41) is 2.88. The Bertz CT molecular complexity index is 451. The van der Waals surface area contributed by atoms with Crippen LogP contribution in [0.1, 0.15) is 49.9 Å². The molecule has 0 aromatic heterocycles. The van der Waals surface area contributed by atoms with Gasteiger partial charge >= 0.3 is 5.97 Å². The van der Waals surface area contributed by atoms with Gasteiger partial charge in [0.05, 0.1) is 12.7 Å². The van der Waals surface area contributed by atoms with E-state index in [-0.39, 0.29) is 11.8 Å². The molecular formula is C16H23NO3. The van der Waals surface area contributed by atoms with Crippen LogP contribution in [0.25, 0.3) is 0 Å². The Morgan fingerprint density at radius 2 is 1.85 bits per heavy atom. The third-order valence-corrected chi connectivity index (χ3v) is 3.20. The molecule has 0 aliphatic carbocycles. The molecule has 110 valence electrons. The molecule has 0 spiro atoms. The lowest BCUT2D eigenvalue weighted by atomic mass is 9.97. The molecule has 0 saturated carbocycles. The highest BCUT2D eigenvalue weighted by molar-refractivity contribution is 5.95. The number of benzene rings is 1. The highest BCUT2D eigenvalue weighted by Gasteiger charge is 2.17. The number of hydrogen-bond donors (Lipinski definition) is 1. The molecule has 1 aromatic carbocycles. The van der Waals surface area contributed by atoms with Crippen LogP contribution in [0.3, 0.4) is 0 Å². The third-order valence-electron chi connectivity index (χ3n) is 3.20. The van der Waals surface area contributed by atoms with Gasteiger partial charge in [0, 0.05) is 11.6 Å². The van der Waals surface area contributed by atoms with Gasteiger partial charge in [-0.3, -0.25) is 4.79 Å². The highest BCUT2D eigenvalue weighted by Crippen LogP contribution is 2.18. The SMILES string of the molecule is CCCC(CCC)C(=O)Nc1cccc(C(=O)OC)c1. The Morgan fingerprint density at radius 3 is 2.40 bits per heavy atom.